The Balaban J connectivity index is 2.42. The quantitative estimate of drug-likeness (QED) is 0.790. The standard InChI is InChI=1S/C15H18N2/c1-3-4-9-14(16-2)15-13-8-6-5-7-12(13)10-11-17-15/h3,5-8,10-11,14,16H,1,4,9H2,2H3. The lowest BCUT2D eigenvalue weighted by Crippen LogP contribution is -2.17. The van der Waals surface area contributed by atoms with E-state index in [-0.39, 0.29) is 0 Å². The molecular formula is C15H18N2. The summed E-state index contributed by atoms with van der Waals surface area (Å²) in [5.74, 6) is 0. The number of hydrogen-bond acceptors (Lipinski definition) is 2. The van der Waals surface area contributed by atoms with Gasteiger partial charge in [-0.2, -0.15) is 0 Å². The van der Waals surface area contributed by atoms with Gasteiger partial charge >= 0.3 is 0 Å². The van der Waals surface area contributed by atoms with Crippen LogP contribution in [0.1, 0.15) is 24.6 Å². The second-order valence-electron chi connectivity index (χ2n) is 4.12. The maximum atomic E-state index is 4.53. The first kappa shape index (κ1) is 11.8. The van der Waals surface area contributed by atoms with Crippen LogP contribution in [0.5, 0.6) is 0 Å². The molecule has 2 nitrogen and oxygen atoms in total. The number of benzene rings is 1. The molecule has 0 aliphatic carbocycles. The zero-order valence-electron chi connectivity index (χ0n) is 10.2. The molecule has 1 aromatic heterocycles. The molecule has 1 aromatic carbocycles. The summed E-state index contributed by atoms with van der Waals surface area (Å²) in [7, 11) is 1.98. The molecule has 1 heterocycles. The predicted molar refractivity (Wildman–Crippen MR) is 73.0 cm³/mol. The van der Waals surface area contributed by atoms with Crippen LogP contribution >= 0.6 is 0 Å². The average molecular weight is 226 g/mol. The molecule has 0 saturated carbocycles. The first-order chi connectivity index (χ1) is 8.36. The minimum atomic E-state index is 0.291. The summed E-state index contributed by atoms with van der Waals surface area (Å²) < 4.78 is 0. The third-order valence-corrected chi connectivity index (χ3v) is 3.04. The lowest BCUT2D eigenvalue weighted by molar-refractivity contribution is 0.545. The molecule has 0 spiro atoms. The van der Waals surface area contributed by atoms with Gasteiger partial charge in [0.1, 0.15) is 0 Å². The normalized spacial score (nSPS) is 12.5. The molecule has 88 valence electrons. The number of aromatic nitrogens is 1. The molecule has 1 atom stereocenters. The topological polar surface area (TPSA) is 24.9 Å². The van der Waals surface area contributed by atoms with Crippen LogP contribution in [-0.4, -0.2) is 12.0 Å². The smallest absolute Gasteiger partial charge is 0.0651 e. The largest absolute Gasteiger partial charge is 0.312 e. The van der Waals surface area contributed by atoms with Crippen molar-refractivity contribution in [3.05, 3.63) is 54.9 Å². The van der Waals surface area contributed by atoms with Crippen molar-refractivity contribution < 1.29 is 0 Å². The lowest BCUT2D eigenvalue weighted by atomic mass is 10.0. The van der Waals surface area contributed by atoms with Crippen LogP contribution in [0.2, 0.25) is 0 Å². The number of allylic oxidation sites excluding steroid dienone is 1. The highest BCUT2D eigenvalue weighted by Crippen LogP contribution is 2.24. The first-order valence-corrected chi connectivity index (χ1v) is 5.98. The van der Waals surface area contributed by atoms with E-state index in [0.717, 1.165) is 18.5 Å². The molecule has 2 rings (SSSR count). The number of nitrogens with one attached hydrogen (secondary N) is 1. The van der Waals surface area contributed by atoms with Crippen LogP contribution in [0.3, 0.4) is 0 Å². The fraction of sp³-hybridized carbons (Fsp3) is 0.267. The summed E-state index contributed by atoms with van der Waals surface area (Å²) in [5.41, 5.74) is 1.13. The molecule has 0 saturated heterocycles. The van der Waals surface area contributed by atoms with Crippen molar-refractivity contribution in [2.75, 3.05) is 7.05 Å². The van der Waals surface area contributed by atoms with Gasteiger partial charge in [-0.25, -0.2) is 0 Å². The van der Waals surface area contributed by atoms with Gasteiger partial charge in [0.05, 0.1) is 11.7 Å². The van der Waals surface area contributed by atoms with Crippen molar-refractivity contribution in [1.29, 1.82) is 0 Å². The van der Waals surface area contributed by atoms with E-state index in [1.54, 1.807) is 0 Å². The van der Waals surface area contributed by atoms with Gasteiger partial charge in [0, 0.05) is 11.6 Å². The van der Waals surface area contributed by atoms with Crippen molar-refractivity contribution in [1.82, 2.24) is 10.3 Å². The highest BCUT2D eigenvalue weighted by molar-refractivity contribution is 5.84. The zero-order valence-corrected chi connectivity index (χ0v) is 10.2. The van der Waals surface area contributed by atoms with Gasteiger partial charge in [-0.15, -0.1) is 6.58 Å². The highest BCUT2D eigenvalue weighted by Gasteiger charge is 2.12. The van der Waals surface area contributed by atoms with Crippen LogP contribution in [0.4, 0.5) is 0 Å². The second kappa shape index (κ2) is 5.60. The van der Waals surface area contributed by atoms with Crippen LogP contribution in [-0.2, 0) is 0 Å². The third-order valence-electron chi connectivity index (χ3n) is 3.04. The SMILES string of the molecule is C=CCCC(NC)c1nccc2ccccc12. The Morgan fingerprint density at radius 3 is 2.94 bits per heavy atom. The van der Waals surface area contributed by atoms with E-state index >= 15 is 0 Å². The Hall–Kier alpha value is -1.67. The fourth-order valence-corrected chi connectivity index (χ4v) is 2.12. The van der Waals surface area contributed by atoms with Gasteiger partial charge in [0.2, 0.25) is 0 Å². The Morgan fingerprint density at radius 2 is 2.18 bits per heavy atom. The highest BCUT2D eigenvalue weighted by atomic mass is 14.9. The van der Waals surface area contributed by atoms with Gasteiger partial charge in [-0.05, 0) is 31.3 Å². The van der Waals surface area contributed by atoms with Gasteiger partial charge < -0.3 is 5.32 Å². The summed E-state index contributed by atoms with van der Waals surface area (Å²) >= 11 is 0. The summed E-state index contributed by atoms with van der Waals surface area (Å²) in [6.07, 6.45) is 5.86. The van der Waals surface area contributed by atoms with Crippen LogP contribution in [0.25, 0.3) is 10.8 Å². The Bertz CT molecular complexity index is 500. The minimum Gasteiger partial charge on any atom is -0.312 e. The molecule has 17 heavy (non-hydrogen) atoms. The van der Waals surface area contributed by atoms with Crippen LogP contribution < -0.4 is 5.32 Å². The lowest BCUT2D eigenvalue weighted by Gasteiger charge is -2.16. The fourth-order valence-electron chi connectivity index (χ4n) is 2.12. The van der Waals surface area contributed by atoms with Crippen molar-refractivity contribution in [2.24, 2.45) is 0 Å². The molecule has 0 fully saturated rings. The number of nitrogens with zero attached hydrogens (tertiary/aromatic N) is 1. The molecule has 0 amide bonds. The summed E-state index contributed by atoms with van der Waals surface area (Å²) in [6, 6.07) is 10.7. The van der Waals surface area contributed by atoms with E-state index in [9.17, 15) is 0 Å². The molecule has 1 N–H and O–H groups in total. The summed E-state index contributed by atoms with van der Waals surface area (Å²) in [6.45, 7) is 3.77. The minimum absolute atomic E-state index is 0.291. The van der Waals surface area contributed by atoms with Crippen molar-refractivity contribution >= 4 is 10.8 Å². The van der Waals surface area contributed by atoms with Crippen molar-refractivity contribution in [3.63, 3.8) is 0 Å². The van der Waals surface area contributed by atoms with E-state index < -0.39 is 0 Å². The van der Waals surface area contributed by atoms with E-state index in [4.69, 9.17) is 0 Å². The first-order valence-electron chi connectivity index (χ1n) is 5.98. The third kappa shape index (κ3) is 2.53. The zero-order chi connectivity index (χ0) is 12.1. The summed E-state index contributed by atoms with van der Waals surface area (Å²) in [5, 5.41) is 5.82. The van der Waals surface area contributed by atoms with Gasteiger partial charge in [0.15, 0.2) is 0 Å². The van der Waals surface area contributed by atoms with E-state index in [2.05, 4.69) is 47.2 Å². The van der Waals surface area contributed by atoms with Crippen LogP contribution in [0.15, 0.2) is 49.2 Å². The monoisotopic (exact) mass is 226 g/mol. The average Bonchev–Trinajstić information content (AvgIpc) is 2.40. The molecule has 0 aliphatic rings. The second-order valence-corrected chi connectivity index (χ2v) is 4.12. The Morgan fingerprint density at radius 1 is 1.35 bits per heavy atom. The summed E-state index contributed by atoms with van der Waals surface area (Å²) in [4.78, 5) is 4.53. The number of rotatable bonds is 5. The molecule has 0 bridgehead atoms. The van der Waals surface area contributed by atoms with E-state index in [1.807, 2.05) is 19.3 Å². The number of hydrogen-bond donors (Lipinski definition) is 1. The van der Waals surface area contributed by atoms with Crippen LogP contribution in [0, 0.1) is 0 Å². The number of fused-ring (bicyclic) bond motifs is 1. The predicted octanol–water partition coefficient (Wildman–Crippen LogP) is 3.46. The maximum absolute atomic E-state index is 4.53. The van der Waals surface area contributed by atoms with Gasteiger partial charge in [-0.1, -0.05) is 30.3 Å². The molecular weight excluding hydrogens is 208 g/mol. The van der Waals surface area contributed by atoms with Crippen molar-refractivity contribution in [3.8, 4) is 0 Å². The maximum Gasteiger partial charge on any atom is 0.0651 e. The van der Waals surface area contributed by atoms with Gasteiger partial charge in [0.25, 0.3) is 0 Å². The molecule has 1 unspecified atom stereocenters. The molecule has 0 radical (unpaired) electrons. The molecule has 2 aromatic rings. The molecule has 0 aliphatic heterocycles. The Kier molecular flexibility index (Phi) is 3.89. The molecule has 2 heteroatoms. The Labute approximate surface area is 102 Å². The van der Waals surface area contributed by atoms with E-state index in [1.165, 1.54) is 10.8 Å². The number of pyridine rings is 1. The van der Waals surface area contributed by atoms with Gasteiger partial charge in [-0.3, -0.25) is 4.98 Å². The van der Waals surface area contributed by atoms with E-state index in [0.29, 0.717) is 6.04 Å². The van der Waals surface area contributed by atoms with Crippen molar-refractivity contribution in [2.45, 2.75) is 18.9 Å².